The molecule has 0 radical (unpaired) electrons. The predicted octanol–water partition coefficient (Wildman–Crippen LogP) is 3.11. The topological polar surface area (TPSA) is 101 Å². The average Bonchev–Trinajstić information content (AvgIpc) is 2.67. The van der Waals surface area contributed by atoms with E-state index in [1.807, 2.05) is 30.3 Å². The van der Waals surface area contributed by atoms with Crippen molar-refractivity contribution in [3.05, 3.63) is 58.3 Å². The number of aromatic nitrogens is 1. The second-order valence-corrected chi connectivity index (χ2v) is 6.42. The molecule has 4 rings (SSSR count). The molecule has 26 heavy (non-hydrogen) atoms. The Balaban J connectivity index is 2.04. The highest BCUT2D eigenvalue weighted by Crippen LogP contribution is 2.49. The molecule has 1 aliphatic carbocycles. The van der Waals surface area contributed by atoms with Gasteiger partial charge in [-0.3, -0.25) is 4.79 Å². The molecule has 6 nitrogen and oxygen atoms in total. The average molecular weight is 346 g/mol. The monoisotopic (exact) mass is 346 g/mol. The van der Waals surface area contributed by atoms with Crippen molar-refractivity contribution in [2.24, 2.45) is 0 Å². The molecule has 0 saturated carbocycles. The number of hydrogen-bond acceptors (Lipinski definition) is 6. The standard InChI is InChI=1S/C20H18N4O2/c1-26-20-12(10-21)18-17(19(22)24-20)15(11-6-3-2-4-7-11)16-13(23-18)8-5-9-14(16)25/h2-4,6-7,15,23H,5,8-9H2,1H3,(H2,22,24)/t15-/m1/s1. The Kier molecular flexibility index (Phi) is 3.85. The Morgan fingerprint density at radius 1 is 1.31 bits per heavy atom. The zero-order chi connectivity index (χ0) is 18.3. The maximum atomic E-state index is 12.8. The number of rotatable bonds is 2. The number of allylic oxidation sites excluding steroid dienone is 2. The number of Topliss-reactive ketones (excluding diaryl/α,β-unsaturated/α-hetero) is 1. The summed E-state index contributed by atoms with van der Waals surface area (Å²) in [7, 11) is 1.46. The summed E-state index contributed by atoms with van der Waals surface area (Å²) in [6.07, 6.45) is 2.08. The molecule has 0 saturated heterocycles. The van der Waals surface area contributed by atoms with Gasteiger partial charge in [0, 0.05) is 29.2 Å². The van der Waals surface area contributed by atoms with Crippen LogP contribution >= 0.6 is 0 Å². The zero-order valence-corrected chi connectivity index (χ0v) is 14.4. The number of pyridine rings is 1. The number of carbonyl (C=O) groups excluding carboxylic acids is 1. The van der Waals surface area contributed by atoms with Crippen molar-refractivity contribution in [3.63, 3.8) is 0 Å². The van der Waals surface area contributed by atoms with E-state index in [-0.39, 0.29) is 23.4 Å². The van der Waals surface area contributed by atoms with Gasteiger partial charge >= 0.3 is 0 Å². The largest absolute Gasteiger partial charge is 0.480 e. The van der Waals surface area contributed by atoms with E-state index in [2.05, 4.69) is 16.4 Å². The van der Waals surface area contributed by atoms with Crippen molar-refractivity contribution < 1.29 is 9.53 Å². The summed E-state index contributed by atoms with van der Waals surface area (Å²) in [6.45, 7) is 0. The van der Waals surface area contributed by atoms with Gasteiger partial charge in [0.2, 0.25) is 5.88 Å². The van der Waals surface area contributed by atoms with Gasteiger partial charge in [0.25, 0.3) is 0 Å². The van der Waals surface area contributed by atoms with Crippen LogP contribution in [0.5, 0.6) is 5.88 Å². The first-order valence-electron chi connectivity index (χ1n) is 8.51. The zero-order valence-electron chi connectivity index (χ0n) is 14.4. The molecular formula is C20H18N4O2. The molecule has 2 heterocycles. The lowest BCUT2D eigenvalue weighted by Crippen LogP contribution is -2.28. The Labute approximate surface area is 151 Å². The number of nitriles is 1. The van der Waals surface area contributed by atoms with E-state index in [9.17, 15) is 10.1 Å². The quantitative estimate of drug-likeness (QED) is 0.866. The summed E-state index contributed by atoms with van der Waals surface area (Å²) >= 11 is 0. The molecule has 0 fully saturated rings. The molecule has 2 aliphatic rings. The second kappa shape index (κ2) is 6.19. The van der Waals surface area contributed by atoms with Crippen LogP contribution in [0.2, 0.25) is 0 Å². The van der Waals surface area contributed by atoms with E-state index >= 15 is 0 Å². The molecule has 0 amide bonds. The highest BCUT2D eigenvalue weighted by molar-refractivity contribution is 6.02. The third-order valence-electron chi connectivity index (χ3n) is 4.98. The minimum Gasteiger partial charge on any atom is -0.480 e. The van der Waals surface area contributed by atoms with Gasteiger partial charge in [0.1, 0.15) is 17.5 Å². The van der Waals surface area contributed by atoms with Gasteiger partial charge in [-0.2, -0.15) is 10.2 Å². The van der Waals surface area contributed by atoms with Crippen molar-refractivity contribution in [2.75, 3.05) is 18.2 Å². The van der Waals surface area contributed by atoms with Gasteiger partial charge < -0.3 is 15.8 Å². The molecule has 2 aromatic rings. The third-order valence-corrected chi connectivity index (χ3v) is 4.98. The summed E-state index contributed by atoms with van der Waals surface area (Å²) in [5.41, 5.74) is 10.4. The van der Waals surface area contributed by atoms with E-state index in [1.165, 1.54) is 7.11 Å². The normalized spacial score (nSPS) is 18.5. The molecule has 130 valence electrons. The van der Waals surface area contributed by atoms with Gasteiger partial charge in [-0.15, -0.1) is 0 Å². The van der Waals surface area contributed by atoms with Crippen molar-refractivity contribution >= 4 is 17.3 Å². The Morgan fingerprint density at radius 2 is 2.08 bits per heavy atom. The van der Waals surface area contributed by atoms with E-state index in [4.69, 9.17) is 10.5 Å². The van der Waals surface area contributed by atoms with E-state index < -0.39 is 0 Å². The van der Waals surface area contributed by atoms with Crippen LogP contribution in [0.15, 0.2) is 41.6 Å². The summed E-state index contributed by atoms with van der Waals surface area (Å²) in [4.78, 5) is 17.0. The number of benzene rings is 1. The molecule has 1 aromatic carbocycles. The third kappa shape index (κ3) is 2.32. The SMILES string of the molecule is COc1nc(N)c2c(c1C#N)NC1=C(C(=O)CCC1)[C@H]2c1ccccc1. The summed E-state index contributed by atoms with van der Waals surface area (Å²) < 4.78 is 5.24. The number of nitrogens with zero attached hydrogens (tertiary/aromatic N) is 2. The van der Waals surface area contributed by atoms with Crippen molar-refractivity contribution in [2.45, 2.75) is 25.2 Å². The number of ether oxygens (including phenoxy) is 1. The van der Waals surface area contributed by atoms with Crippen molar-refractivity contribution in [1.82, 2.24) is 4.98 Å². The number of fused-ring (bicyclic) bond motifs is 1. The lowest BCUT2D eigenvalue weighted by Gasteiger charge is -2.35. The number of hydrogen-bond donors (Lipinski definition) is 2. The van der Waals surface area contributed by atoms with E-state index in [0.29, 0.717) is 23.2 Å². The Bertz CT molecular complexity index is 974. The van der Waals surface area contributed by atoms with Gasteiger partial charge in [0.15, 0.2) is 5.78 Å². The van der Waals surface area contributed by atoms with Gasteiger partial charge in [-0.1, -0.05) is 30.3 Å². The minimum atomic E-state index is -0.333. The first-order valence-corrected chi connectivity index (χ1v) is 8.51. The fraction of sp³-hybridized carbons (Fsp3) is 0.250. The number of ketones is 1. The first kappa shape index (κ1) is 16.2. The lowest BCUT2D eigenvalue weighted by molar-refractivity contribution is -0.116. The van der Waals surface area contributed by atoms with Crippen LogP contribution in [0.25, 0.3) is 0 Å². The van der Waals surface area contributed by atoms with Crippen LogP contribution in [0.3, 0.4) is 0 Å². The Hall–Kier alpha value is -3.33. The molecule has 3 N–H and O–H groups in total. The highest BCUT2D eigenvalue weighted by atomic mass is 16.5. The maximum absolute atomic E-state index is 12.8. The first-order chi connectivity index (χ1) is 12.7. The fourth-order valence-electron chi connectivity index (χ4n) is 3.87. The molecule has 6 heteroatoms. The molecule has 0 unspecified atom stereocenters. The molecule has 0 bridgehead atoms. The number of nitrogen functional groups attached to an aromatic ring is 1. The number of anilines is 2. The van der Waals surface area contributed by atoms with E-state index in [1.54, 1.807) is 0 Å². The Morgan fingerprint density at radius 3 is 2.77 bits per heavy atom. The van der Waals surface area contributed by atoms with Crippen LogP contribution in [-0.4, -0.2) is 17.9 Å². The smallest absolute Gasteiger partial charge is 0.235 e. The molecule has 1 aromatic heterocycles. The second-order valence-electron chi connectivity index (χ2n) is 6.42. The van der Waals surface area contributed by atoms with Gasteiger partial charge in [-0.05, 0) is 18.4 Å². The predicted molar refractivity (Wildman–Crippen MR) is 97.7 cm³/mol. The molecule has 1 atom stereocenters. The summed E-state index contributed by atoms with van der Waals surface area (Å²) in [5.74, 6) is 0.240. The van der Waals surface area contributed by atoms with Gasteiger partial charge in [-0.25, -0.2) is 0 Å². The summed E-state index contributed by atoms with van der Waals surface area (Å²) in [6, 6.07) is 11.9. The number of nitrogens with one attached hydrogen (secondary N) is 1. The number of nitrogens with two attached hydrogens (primary N) is 1. The van der Waals surface area contributed by atoms with Crippen LogP contribution < -0.4 is 15.8 Å². The lowest BCUT2D eigenvalue weighted by atomic mass is 9.75. The minimum absolute atomic E-state index is 0.118. The van der Waals surface area contributed by atoms with Crippen LogP contribution in [-0.2, 0) is 4.79 Å². The molecule has 1 aliphatic heterocycles. The van der Waals surface area contributed by atoms with E-state index in [0.717, 1.165) is 29.7 Å². The van der Waals surface area contributed by atoms with Crippen LogP contribution in [0, 0.1) is 11.3 Å². The maximum Gasteiger partial charge on any atom is 0.235 e. The summed E-state index contributed by atoms with van der Waals surface area (Å²) in [5, 5.41) is 13.0. The molecular weight excluding hydrogens is 328 g/mol. The number of methoxy groups -OCH3 is 1. The van der Waals surface area contributed by atoms with Crippen LogP contribution in [0.4, 0.5) is 11.5 Å². The highest BCUT2D eigenvalue weighted by Gasteiger charge is 2.38. The molecule has 0 spiro atoms. The fourth-order valence-corrected chi connectivity index (χ4v) is 3.87. The number of carbonyl (C=O) groups is 1. The van der Waals surface area contributed by atoms with Crippen molar-refractivity contribution in [3.8, 4) is 11.9 Å². The van der Waals surface area contributed by atoms with Gasteiger partial charge in [0.05, 0.1) is 12.8 Å². The van der Waals surface area contributed by atoms with Crippen LogP contribution in [0.1, 0.15) is 41.9 Å². The van der Waals surface area contributed by atoms with Crippen molar-refractivity contribution in [1.29, 1.82) is 5.26 Å².